The van der Waals surface area contributed by atoms with Crippen LogP contribution in [0, 0.1) is 18.3 Å². The first-order valence-corrected chi connectivity index (χ1v) is 8.97. The third-order valence-electron chi connectivity index (χ3n) is 4.85. The summed E-state index contributed by atoms with van der Waals surface area (Å²) >= 11 is 0. The average Bonchev–Trinajstić information content (AvgIpc) is 3.02. The molecule has 122 valence electrons. The topological polar surface area (TPSA) is 107 Å². The number of aromatic amines is 1. The van der Waals surface area contributed by atoms with Gasteiger partial charge in [0.05, 0.1) is 23.7 Å². The normalized spacial score (nSPS) is 29.8. The van der Waals surface area contributed by atoms with Crippen LogP contribution in [0.25, 0.3) is 0 Å². The smallest absolute Gasteiger partial charge is 0.312 e. The van der Waals surface area contributed by atoms with Crippen molar-refractivity contribution in [2.24, 2.45) is 11.3 Å². The fourth-order valence-electron chi connectivity index (χ4n) is 3.56. The first-order chi connectivity index (χ1) is 10.2. The lowest BCUT2D eigenvalue weighted by molar-refractivity contribution is -0.148. The van der Waals surface area contributed by atoms with E-state index in [1.807, 2.05) is 6.92 Å². The predicted molar refractivity (Wildman–Crippen MR) is 78.6 cm³/mol. The highest BCUT2D eigenvalue weighted by molar-refractivity contribution is 7.88. The van der Waals surface area contributed by atoms with Crippen molar-refractivity contribution in [2.75, 3.05) is 32.4 Å². The number of carboxylic acid groups (broad SMARTS) is 1. The van der Waals surface area contributed by atoms with E-state index >= 15 is 0 Å². The van der Waals surface area contributed by atoms with E-state index in [1.165, 1.54) is 4.31 Å². The van der Waals surface area contributed by atoms with Crippen molar-refractivity contribution in [1.29, 1.82) is 0 Å². The van der Waals surface area contributed by atoms with E-state index in [1.54, 1.807) is 6.33 Å². The average molecular weight is 328 g/mol. The zero-order chi connectivity index (χ0) is 16.1. The van der Waals surface area contributed by atoms with Gasteiger partial charge >= 0.3 is 5.97 Å². The van der Waals surface area contributed by atoms with Crippen LogP contribution in [0.2, 0.25) is 0 Å². The number of H-pyrrole nitrogens is 1. The fourth-order valence-corrected chi connectivity index (χ4v) is 4.47. The highest BCUT2D eigenvalue weighted by atomic mass is 32.2. The molecular weight excluding hydrogens is 308 g/mol. The molecule has 2 aliphatic rings. The van der Waals surface area contributed by atoms with E-state index < -0.39 is 21.4 Å². The van der Waals surface area contributed by atoms with E-state index in [4.69, 9.17) is 0 Å². The standard InChI is InChI=1S/C13H20N4O4S/c1-9-11(15-8-14-9)5-16-3-10-4-17(22(2,20)21)7-13(10,6-16)12(18)19/h8,10H,3-7H2,1-2H3,(H,14,15)(H,18,19)/t10-,13-/m0/s1. The molecule has 0 saturated carbocycles. The fraction of sp³-hybridized carbons (Fsp3) is 0.692. The van der Waals surface area contributed by atoms with E-state index in [-0.39, 0.29) is 19.0 Å². The van der Waals surface area contributed by atoms with Gasteiger partial charge in [-0.3, -0.25) is 9.69 Å². The minimum absolute atomic E-state index is 0.0574. The van der Waals surface area contributed by atoms with Crippen LogP contribution in [-0.2, 0) is 21.4 Å². The molecule has 2 N–H and O–H groups in total. The Morgan fingerprint density at radius 3 is 2.73 bits per heavy atom. The van der Waals surface area contributed by atoms with Crippen LogP contribution < -0.4 is 0 Å². The van der Waals surface area contributed by atoms with Gasteiger partial charge in [-0.25, -0.2) is 17.7 Å². The monoisotopic (exact) mass is 328 g/mol. The van der Waals surface area contributed by atoms with Crippen molar-refractivity contribution < 1.29 is 18.3 Å². The molecule has 1 aromatic rings. The molecule has 0 aliphatic carbocycles. The minimum Gasteiger partial charge on any atom is -0.481 e. The summed E-state index contributed by atoms with van der Waals surface area (Å²) in [5.74, 6) is -1.09. The Hall–Kier alpha value is -1.45. The maximum atomic E-state index is 11.8. The number of carboxylic acids is 1. The first kappa shape index (κ1) is 15.4. The summed E-state index contributed by atoms with van der Waals surface area (Å²) in [5, 5.41) is 9.69. The van der Waals surface area contributed by atoms with E-state index in [0.717, 1.165) is 17.6 Å². The summed E-state index contributed by atoms with van der Waals surface area (Å²) < 4.78 is 24.7. The van der Waals surface area contributed by atoms with Gasteiger partial charge in [-0.05, 0) is 6.92 Å². The number of aliphatic carboxylic acids is 1. The van der Waals surface area contributed by atoms with Gasteiger partial charge in [-0.2, -0.15) is 0 Å². The van der Waals surface area contributed by atoms with Crippen molar-refractivity contribution in [3.63, 3.8) is 0 Å². The van der Waals surface area contributed by atoms with Crippen molar-refractivity contribution >= 4 is 16.0 Å². The molecule has 0 bridgehead atoms. The molecule has 0 spiro atoms. The molecule has 2 saturated heterocycles. The third-order valence-corrected chi connectivity index (χ3v) is 6.07. The van der Waals surface area contributed by atoms with Gasteiger partial charge in [-0.1, -0.05) is 0 Å². The number of sulfonamides is 1. The Morgan fingerprint density at radius 2 is 2.23 bits per heavy atom. The zero-order valence-corrected chi connectivity index (χ0v) is 13.4. The summed E-state index contributed by atoms with van der Waals surface area (Å²) in [5.41, 5.74) is 0.868. The number of aryl methyl sites for hydroxylation is 1. The number of likely N-dealkylation sites (tertiary alicyclic amines) is 1. The summed E-state index contributed by atoms with van der Waals surface area (Å²) in [6.07, 6.45) is 2.76. The summed E-state index contributed by atoms with van der Waals surface area (Å²) in [6.45, 7) is 3.77. The lowest BCUT2D eigenvalue weighted by Crippen LogP contribution is -2.41. The summed E-state index contributed by atoms with van der Waals surface area (Å²) in [6, 6.07) is 0. The molecule has 0 aromatic carbocycles. The van der Waals surface area contributed by atoms with Crippen LogP contribution >= 0.6 is 0 Å². The Morgan fingerprint density at radius 1 is 1.50 bits per heavy atom. The number of hydrogen-bond acceptors (Lipinski definition) is 5. The van der Waals surface area contributed by atoms with Crippen molar-refractivity contribution in [2.45, 2.75) is 13.5 Å². The molecule has 2 aliphatic heterocycles. The number of nitrogens with zero attached hydrogens (tertiary/aromatic N) is 3. The Balaban J connectivity index is 1.79. The van der Waals surface area contributed by atoms with Gasteiger partial charge in [0.2, 0.25) is 10.0 Å². The van der Waals surface area contributed by atoms with Gasteiger partial charge in [0, 0.05) is 44.3 Å². The molecule has 22 heavy (non-hydrogen) atoms. The van der Waals surface area contributed by atoms with Crippen LogP contribution in [0.4, 0.5) is 0 Å². The predicted octanol–water partition coefficient (Wildman–Crippen LogP) is -0.504. The van der Waals surface area contributed by atoms with Crippen LogP contribution in [0.5, 0.6) is 0 Å². The van der Waals surface area contributed by atoms with Gasteiger partial charge in [0.25, 0.3) is 0 Å². The lowest BCUT2D eigenvalue weighted by Gasteiger charge is -2.24. The molecule has 9 heteroatoms. The van der Waals surface area contributed by atoms with Crippen molar-refractivity contribution in [1.82, 2.24) is 19.2 Å². The van der Waals surface area contributed by atoms with Crippen molar-refractivity contribution in [3.8, 4) is 0 Å². The highest BCUT2D eigenvalue weighted by Crippen LogP contribution is 2.44. The molecule has 3 heterocycles. The number of carbonyl (C=O) groups is 1. The van der Waals surface area contributed by atoms with E-state index in [2.05, 4.69) is 14.9 Å². The number of aromatic nitrogens is 2. The maximum absolute atomic E-state index is 11.8. The second kappa shape index (κ2) is 5.04. The number of imidazole rings is 1. The molecule has 0 radical (unpaired) electrons. The van der Waals surface area contributed by atoms with Gasteiger partial charge in [0.15, 0.2) is 0 Å². The largest absolute Gasteiger partial charge is 0.481 e. The molecular formula is C13H20N4O4S. The number of nitrogens with one attached hydrogen (secondary N) is 1. The Bertz CT molecular complexity index is 701. The van der Waals surface area contributed by atoms with Crippen LogP contribution in [0.15, 0.2) is 6.33 Å². The SMILES string of the molecule is Cc1[nH]cnc1CN1C[C@H]2CN(S(C)(=O)=O)C[C@@]2(C(=O)O)C1. The zero-order valence-electron chi connectivity index (χ0n) is 12.6. The summed E-state index contributed by atoms with van der Waals surface area (Å²) in [4.78, 5) is 21.1. The quantitative estimate of drug-likeness (QED) is 0.771. The van der Waals surface area contributed by atoms with Gasteiger partial charge in [-0.15, -0.1) is 0 Å². The molecule has 3 rings (SSSR count). The van der Waals surface area contributed by atoms with Gasteiger partial charge in [0.1, 0.15) is 0 Å². The molecule has 1 aromatic heterocycles. The van der Waals surface area contributed by atoms with Crippen molar-refractivity contribution in [3.05, 3.63) is 17.7 Å². The van der Waals surface area contributed by atoms with Crippen LogP contribution in [-0.4, -0.2) is 71.1 Å². The van der Waals surface area contributed by atoms with E-state index in [9.17, 15) is 18.3 Å². The Kier molecular flexibility index (Phi) is 3.54. The molecule has 8 nitrogen and oxygen atoms in total. The third kappa shape index (κ3) is 2.42. The second-order valence-corrected chi connectivity index (χ2v) is 8.34. The van der Waals surface area contributed by atoms with Crippen LogP contribution in [0.1, 0.15) is 11.4 Å². The maximum Gasteiger partial charge on any atom is 0.312 e. The highest BCUT2D eigenvalue weighted by Gasteiger charge is 2.59. The second-order valence-electron chi connectivity index (χ2n) is 6.36. The molecule has 2 atom stereocenters. The van der Waals surface area contributed by atoms with E-state index in [0.29, 0.717) is 19.6 Å². The molecule has 2 fully saturated rings. The Labute approximate surface area is 129 Å². The lowest BCUT2D eigenvalue weighted by atomic mass is 9.81. The number of hydrogen-bond donors (Lipinski definition) is 2. The summed E-state index contributed by atoms with van der Waals surface area (Å²) in [7, 11) is -3.36. The molecule has 0 unspecified atom stereocenters. The first-order valence-electron chi connectivity index (χ1n) is 7.12. The van der Waals surface area contributed by atoms with Gasteiger partial charge < -0.3 is 10.1 Å². The number of fused-ring (bicyclic) bond motifs is 1. The molecule has 0 amide bonds. The number of rotatable bonds is 4. The van der Waals surface area contributed by atoms with Crippen LogP contribution in [0.3, 0.4) is 0 Å². The minimum atomic E-state index is -3.36.